The van der Waals surface area contributed by atoms with Crippen LogP contribution in [0.2, 0.25) is 0 Å². The van der Waals surface area contributed by atoms with Crippen LogP contribution >= 0.6 is 0 Å². The molecule has 7 nitrogen and oxygen atoms in total. The maximum Gasteiger partial charge on any atom is 0.453 e. The number of aromatic amines is 1. The number of alkyl halides is 3. The highest BCUT2D eigenvalue weighted by atomic mass is 19.4. The van der Waals surface area contributed by atoms with E-state index in [4.69, 9.17) is 0 Å². The van der Waals surface area contributed by atoms with Gasteiger partial charge in [-0.3, -0.25) is 0 Å². The van der Waals surface area contributed by atoms with E-state index < -0.39 is 12.0 Å². The molecule has 0 aliphatic carbocycles. The summed E-state index contributed by atoms with van der Waals surface area (Å²) in [5.41, 5.74) is 3.24. The summed E-state index contributed by atoms with van der Waals surface area (Å²) in [5, 5.41) is 14.0. The van der Waals surface area contributed by atoms with Gasteiger partial charge in [0.15, 0.2) is 5.65 Å². The van der Waals surface area contributed by atoms with E-state index in [9.17, 15) is 13.2 Å². The van der Waals surface area contributed by atoms with E-state index in [-0.39, 0.29) is 5.65 Å². The first-order valence-corrected chi connectivity index (χ1v) is 8.32. The Hall–Kier alpha value is -3.17. The van der Waals surface area contributed by atoms with E-state index in [0.717, 1.165) is 26.9 Å². The van der Waals surface area contributed by atoms with Crippen LogP contribution in [-0.2, 0) is 12.6 Å². The van der Waals surface area contributed by atoms with Gasteiger partial charge in [0.25, 0.3) is 5.82 Å². The molecule has 1 aromatic carbocycles. The zero-order valence-electron chi connectivity index (χ0n) is 14.6. The van der Waals surface area contributed by atoms with E-state index >= 15 is 0 Å². The first kappa shape index (κ1) is 17.3. The van der Waals surface area contributed by atoms with Crippen LogP contribution in [0.15, 0.2) is 24.3 Å². The Balaban J connectivity index is 1.58. The zero-order chi connectivity index (χ0) is 19.2. The topological polar surface area (TPSA) is 83.8 Å². The van der Waals surface area contributed by atoms with Crippen LogP contribution in [0.5, 0.6) is 0 Å². The molecule has 0 saturated carbocycles. The monoisotopic (exact) mass is 375 g/mol. The molecule has 140 valence electrons. The fourth-order valence-electron chi connectivity index (χ4n) is 2.90. The van der Waals surface area contributed by atoms with E-state index in [1.165, 1.54) is 0 Å². The van der Waals surface area contributed by atoms with Gasteiger partial charge in [-0.15, -0.1) is 15.3 Å². The second-order valence-electron chi connectivity index (χ2n) is 6.23. The number of rotatable bonds is 4. The molecule has 0 spiro atoms. The van der Waals surface area contributed by atoms with Gasteiger partial charge in [-0.2, -0.15) is 17.7 Å². The Morgan fingerprint density at radius 1 is 1.11 bits per heavy atom. The molecule has 0 aliphatic rings. The molecule has 4 aromatic rings. The van der Waals surface area contributed by atoms with Gasteiger partial charge in [0, 0.05) is 18.5 Å². The van der Waals surface area contributed by atoms with Gasteiger partial charge < -0.3 is 10.3 Å². The van der Waals surface area contributed by atoms with Gasteiger partial charge in [0.2, 0.25) is 0 Å². The molecule has 27 heavy (non-hydrogen) atoms. The summed E-state index contributed by atoms with van der Waals surface area (Å²) in [6, 6.07) is 7.68. The number of nitrogens with one attached hydrogen (secondary N) is 2. The lowest BCUT2D eigenvalue weighted by Crippen LogP contribution is -2.16. The van der Waals surface area contributed by atoms with Gasteiger partial charge in [-0.05, 0) is 31.5 Å². The SMILES string of the molecule is Cc1c(NCCc2nc3ccccc3[nH]2)nn2c(C(F)(F)F)nnc2c1C. The molecule has 0 radical (unpaired) electrons. The van der Waals surface area contributed by atoms with E-state index in [1.54, 1.807) is 13.8 Å². The van der Waals surface area contributed by atoms with Crippen LogP contribution in [0.1, 0.15) is 22.8 Å². The highest BCUT2D eigenvalue weighted by Gasteiger charge is 2.38. The summed E-state index contributed by atoms with van der Waals surface area (Å²) in [4.78, 5) is 7.70. The molecule has 0 bridgehead atoms. The highest BCUT2D eigenvalue weighted by molar-refractivity contribution is 5.74. The van der Waals surface area contributed by atoms with Crippen LogP contribution in [0.25, 0.3) is 16.7 Å². The van der Waals surface area contributed by atoms with Crippen molar-refractivity contribution in [1.29, 1.82) is 0 Å². The number of fused-ring (bicyclic) bond motifs is 2. The number of nitrogens with zero attached hydrogens (tertiary/aromatic N) is 5. The average molecular weight is 375 g/mol. The molecule has 0 fully saturated rings. The maximum atomic E-state index is 13.1. The van der Waals surface area contributed by atoms with E-state index in [0.29, 0.717) is 24.3 Å². The van der Waals surface area contributed by atoms with Gasteiger partial charge in [0.05, 0.1) is 11.0 Å². The van der Waals surface area contributed by atoms with Gasteiger partial charge in [0.1, 0.15) is 11.6 Å². The smallest absolute Gasteiger partial charge is 0.368 e. The molecule has 0 aliphatic heterocycles. The zero-order valence-corrected chi connectivity index (χ0v) is 14.6. The minimum absolute atomic E-state index is 0.0997. The fraction of sp³-hybridized carbons (Fsp3) is 0.294. The molecule has 0 atom stereocenters. The lowest BCUT2D eigenvalue weighted by atomic mass is 10.2. The molecule has 3 aromatic heterocycles. The Labute approximate surface area is 151 Å². The maximum absolute atomic E-state index is 13.1. The molecular formula is C17H16F3N7. The van der Waals surface area contributed by atoms with Gasteiger partial charge in [-0.25, -0.2) is 4.98 Å². The van der Waals surface area contributed by atoms with Crippen LogP contribution < -0.4 is 5.32 Å². The standard InChI is InChI=1S/C17H16F3N7/c1-9-10(2)15-24-25-16(17(18,19)20)27(15)26-14(9)21-8-7-13-22-11-5-3-4-6-12(11)23-13/h3-6H,7-8H2,1-2H3,(H,21,26)(H,22,23). The van der Waals surface area contributed by atoms with Crippen LogP contribution in [0.3, 0.4) is 0 Å². The molecule has 0 saturated heterocycles. The number of halogens is 3. The van der Waals surface area contributed by atoms with E-state index in [1.807, 2.05) is 24.3 Å². The minimum atomic E-state index is -4.63. The van der Waals surface area contributed by atoms with Crippen molar-refractivity contribution in [3.05, 3.63) is 47.0 Å². The Bertz CT molecular complexity index is 1090. The molecule has 10 heteroatoms. The number of aromatic nitrogens is 6. The number of para-hydroxylation sites is 2. The molecule has 3 heterocycles. The Morgan fingerprint density at radius 3 is 2.63 bits per heavy atom. The summed E-state index contributed by atoms with van der Waals surface area (Å²) in [6.07, 6.45) is -4.05. The molecule has 4 rings (SSSR count). The summed E-state index contributed by atoms with van der Waals surface area (Å²) >= 11 is 0. The normalized spacial score (nSPS) is 12.2. The number of benzene rings is 1. The molecular weight excluding hydrogens is 359 g/mol. The summed E-state index contributed by atoms with van der Waals surface area (Å²) in [6.45, 7) is 3.95. The quantitative estimate of drug-likeness (QED) is 0.572. The van der Waals surface area contributed by atoms with Crippen LogP contribution in [0.4, 0.5) is 19.0 Å². The first-order valence-electron chi connectivity index (χ1n) is 8.32. The van der Waals surface area contributed by atoms with Crippen molar-refractivity contribution in [3.8, 4) is 0 Å². The predicted octanol–water partition coefficient (Wildman–Crippen LogP) is 3.29. The van der Waals surface area contributed by atoms with Crippen molar-refractivity contribution in [3.63, 3.8) is 0 Å². The minimum Gasteiger partial charge on any atom is -0.368 e. The second-order valence-corrected chi connectivity index (χ2v) is 6.23. The van der Waals surface area contributed by atoms with Crippen molar-refractivity contribution in [2.24, 2.45) is 0 Å². The number of hydrogen-bond acceptors (Lipinski definition) is 5. The van der Waals surface area contributed by atoms with Gasteiger partial charge in [-0.1, -0.05) is 12.1 Å². The van der Waals surface area contributed by atoms with Crippen molar-refractivity contribution < 1.29 is 13.2 Å². The van der Waals surface area contributed by atoms with Crippen molar-refractivity contribution >= 4 is 22.5 Å². The first-order chi connectivity index (χ1) is 12.8. The number of imidazole rings is 1. The highest BCUT2D eigenvalue weighted by Crippen LogP contribution is 2.29. The van der Waals surface area contributed by atoms with Crippen LogP contribution in [0, 0.1) is 13.8 Å². The molecule has 2 N–H and O–H groups in total. The lowest BCUT2D eigenvalue weighted by Gasteiger charge is -2.12. The molecule has 0 unspecified atom stereocenters. The fourth-order valence-corrected chi connectivity index (χ4v) is 2.90. The van der Waals surface area contributed by atoms with E-state index in [2.05, 4.69) is 30.6 Å². The van der Waals surface area contributed by atoms with Crippen molar-refractivity contribution in [2.75, 3.05) is 11.9 Å². The molecule has 0 amide bonds. The number of aryl methyl sites for hydroxylation is 1. The van der Waals surface area contributed by atoms with Gasteiger partial charge >= 0.3 is 6.18 Å². The Kier molecular flexibility index (Phi) is 3.97. The van der Waals surface area contributed by atoms with Crippen LogP contribution in [-0.4, -0.2) is 36.3 Å². The predicted molar refractivity (Wildman–Crippen MR) is 93.5 cm³/mol. The van der Waals surface area contributed by atoms with Crippen molar-refractivity contribution in [1.82, 2.24) is 29.8 Å². The number of anilines is 1. The Morgan fingerprint density at radius 2 is 1.89 bits per heavy atom. The lowest BCUT2D eigenvalue weighted by molar-refractivity contribution is -0.146. The third-order valence-corrected chi connectivity index (χ3v) is 4.44. The van der Waals surface area contributed by atoms with Crippen molar-refractivity contribution in [2.45, 2.75) is 26.4 Å². The summed E-state index contributed by atoms with van der Waals surface area (Å²) in [7, 11) is 0. The second kappa shape index (κ2) is 6.22. The largest absolute Gasteiger partial charge is 0.453 e. The number of H-pyrrole nitrogens is 1. The summed E-state index contributed by atoms with van der Waals surface area (Å²) < 4.78 is 40.0. The number of hydrogen-bond donors (Lipinski definition) is 2. The third-order valence-electron chi connectivity index (χ3n) is 4.44. The average Bonchev–Trinajstić information content (AvgIpc) is 3.22. The summed E-state index contributed by atoms with van der Waals surface area (Å²) in [5.74, 6) is 0.0155. The third kappa shape index (κ3) is 3.07.